The molecule has 0 bridgehead atoms. The van der Waals surface area contributed by atoms with Gasteiger partial charge in [0.05, 0.1) is 30.3 Å². The SMILES string of the molecule is C[C@H](C(=O)N(C)[C@H]1CCS(=O)(=O)C1)N1CCO[C@H](CN(C)C)C1. The normalized spacial score (nSPS) is 29.6. The molecule has 2 heterocycles. The molecule has 7 nitrogen and oxygen atoms in total. The van der Waals surface area contributed by atoms with Gasteiger partial charge in [0.2, 0.25) is 5.91 Å². The van der Waals surface area contributed by atoms with Gasteiger partial charge in [-0.2, -0.15) is 0 Å². The molecule has 2 aliphatic heterocycles. The van der Waals surface area contributed by atoms with E-state index in [2.05, 4.69) is 9.80 Å². The van der Waals surface area contributed by atoms with Gasteiger partial charge < -0.3 is 14.5 Å². The Kier molecular flexibility index (Phi) is 6.05. The summed E-state index contributed by atoms with van der Waals surface area (Å²) < 4.78 is 29.0. The van der Waals surface area contributed by atoms with Crippen LogP contribution >= 0.6 is 0 Å². The van der Waals surface area contributed by atoms with Crippen LogP contribution in [0.3, 0.4) is 0 Å². The highest BCUT2D eigenvalue weighted by Crippen LogP contribution is 2.19. The Bertz CT molecular complexity index is 523. The van der Waals surface area contributed by atoms with Gasteiger partial charge in [-0.05, 0) is 27.4 Å². The summed E-state index contributed by atoms with van der Waals surface area (Å²) in [6.07, 6.45) is 0.648. The van der Waals surface area contributed by atoms with Crippen LogP contribution in [0.4, 0.5) is 0 Å². The smallest absolute Gasteiger partial charge is 0.239 e. The topological polar surface area (TPSA) is 70.2 Å². The number of rotatable bonds is 5. The number of nitrogens with zero attached hydrogens (tertiary/aromatic N) is 3. The fraction of sp³-hybridized carbons (Fsp3) is 0.933. The Morgan fingerprint density at radius 1 is 1.35 bits per heavy atom. The van der Waals surface area contributed by atoms with Crippen molar-refractivity contribution >= 4 is 15.7 Å². The van der Waals surface area contributed by atoms with E-state index in [0.717, 1.165) is 19.6 Å². The molecule has 23 heavy (non-hydrogen) atoms. The quantitative estimate of drug-likeness (QED) is 0.654. The van der Waals surface area contributed by atoms with Gasteiger partial charge in [-0.1, -0.05) is 0 Å². The van der Waals surface area contributed by atoms with E-state index < -0.39 is 9.84 Å². The highest BCUT2D eigenvalue weighted by Gasteiger charge is 2.36. The number of sulfone groups is 1. The maximum atomic E-state index is 12.7. The minimum Gasteiger partial charge on any atom is -0.374 e. The lowest BCUT2D eigenvalue weighted by Gasteiger charge is -2.39. The van der Waals surface area contributed by atoms with Crippen molar-refractivity contribution in [3.8, 4) is 0 Å². The van der Waals surface area contributed by atoms with Crippen molar-refractivity contribution in [2.24, 2.45) is 0 Å². The summed E-state index contributed by atoms with van der Waals surface area (Å²) >= 11 is 0. The van der Waals surface area contributed by atoms with Crippen LogP contribution in [0.2, 0.25) is 0 Å². The van der Waals surface area contributed by atoms with Crippen molar-refractivity contribution in [3.05, 3.63) is 0 Å². The highest BCUT2D eigenvalue weighted by molar-refractivity contribution is 7.91. The molecule has 0 aromatic carbocycles. The van der Waals surface area contributed by atoms with Gasteiger partial charge >= 0.3 is 0 Å². The molecular formula is C15H29N3O4S. The number of carbonyl (C=O) groups excluding carboxylic acids is 1. The Labute approximate surface area is 139 Å². The Balaban J connectivity index is 1.93. The summed E-state index contributed by atoms with van der Waals surface area (Å²) in [6, 6.07) is -0.439. The number of likely N-dealkylation sites (N-methyl/N-ethyl adjacent to an activating group) is 2. The Morgan fingerprint density at radius 2 is 2.04 bits per heavy atom. The molecule has 2 rings (SSSR count). The van der Waals surface area contributed by atoms with Crippen molar-refractivity contribution in [2.45, 2.75) is 31.5 Å². The van der Waals surface area contributed by atoms with Crippen molar-refractivity contribution in [3.63, 3.8) is 0 Å². The fourth-order valence-electron chi connectivity index (χ4n) is 3.32. The molecule has 0 unspecified atom stereocenters. The lowest BCUT2D eigenvalue weighted by atomic mass is 10.1. The summed E-state index contributed by atoms with van der Waals surface area (Å²) in [5, 5.41) is 0. The van der Waals surface area contributed by atoms with Gasteiger partial charge in [0, 0.05) is 32.7 Å². The lowest BCUT2D eigenvalue weighted by Crippen LogP contribution is -2.55. The second-order valence-electron chi connectivity index (χ2n) is 6.93. The molecule has 134 valence electrons. The van der Waals surface area contributed by atoms with Crippen LogP contribution in [0.25, 0.3) is 0 Å². The molecule has 0 radical (unpaired) electrons. The first kappa shape index (κ1) is 18.6. The zero-order chi connectivity index (χ0) is 17.2. The minimum absolute atomic E-state index is 0.00222. The van der Waals surface area contributed by atoms with E-state index in [9.17, 15) is 13.2 Å². The van der Waals surface area contributed by atoms with E-state index >= 15 is 0 Å². The maximum absolute atomic E-state index is 12.7. The van der Waals surface area contributed by atoms with Crippen LogP contribution in [-0.2, 0) is 19.4 Å². The summed E-state index contributed by atoms with van der Waals surface area (Å²) in [7, 11) is 2.75. The average Bonchev–Trinajstić information content (AvgIpc) is 2.84. The molecule has 2 fully saturated rings. The largest absolute Gasteiger partial charge is 0.374 e. The molecular weight excluding hydrogens is 318 g/mol. The van der Waals surface area contributed by atoms with Crippen LogP contribution < -0.4 is 0 Å². The highest BCUT2D eigenvalue weighted by atomic mass is 32.2. The second kappa shape index (κ2) is 7.46. The monoisotopic (exact) mass is 347 g/mol. The number of amides is 1. The van der Waals surface area contributed by atoms with Crippen molar-refractivity contribution in [2.75, 3.05) is 58.9 Å². The predicted molar refractivity (Wildman–Crippen MR) is 89.2 cm³/mol. The molecule has 0 aliphatic carbocycles. The summed E-state index contributed by atoms with van der Waals surface area (Å²) in [5.41, 5.74) is 0. The second-order valence-corrected chi connectivity index (χ2v) is 9.16. The first-order valence-corrected chi connectivity index (χ1v) is 9.99. The molecule has 2 saturated heterocycles. The summed E-state index contributed by atoms with van der Waals surface area (Å²) in [4.78, 5) is 18.6. The van der Waals surface area contributed by atoms with Crippen molar-refractivity contribution in [1.29, 1.82) is 0 Å². The van der Waals surface area contributed by atoms with E-state index in [1.165, 1.54) is 0 Å². The third kappa shape index (κ3) is 4.89. The van der Waals surface area contributed by atoms with E-state index in [0.29, 0.717) is 13.0 Å². The van der Waals surface area contributed by atoms with Crippen LogP contribution in [-0.4, -0.2) is 106 Å². The third-order valence-electron chi connectivity index (χ3n) is 4.75. The number of carbonyl (C=O) groups is 1. The third-order valence-corrected chi connectivity index (χ3v) is 6.50. The van der Waals surface area contributed by atoms with Gasteiger partial charge in [-0.25, -0.2) is 8.42 Å². The van der Waals surface area contributed by atoms with E-state index in [4.69, 9.17) is 4.74 Å². The van der Waals surface area contributed by atoms with E-state index in [-0.39, 0.29) is 35.6 Å². The molecule has 0 saturated carbocycles. The molecule has 8 heteroatoms. The maximum Gasteiger partial charge on any atom is 0.239 e. The van der Waals surface area contributed by atoms with Crippen LogP contribution in [0, 0.1) is 0 Å². The van der Waals surface area contributed by atoms with Gasteiger partial charge in [0.1, 0.15) is 0 Å². The standard InChI is InChI=1S/C15H29N3O4S/c1-12(18-6-7-22-14(10-18)9-16(2)3)15(19)17(4)13-5-8-23(20,21)11-13/h12-14H,5-11H2,1-4H3/t12-,13+,14-/m1/s1. The zero-order valence-electron chi connectivity index (χ0n) is 14.6. The Morgan fingerprint density at radius 3 is 2.61 bits per heavy atom. The molecule has 0 aromatic rings. The van der Waals surface area contributed by atoms with Crippen LogP contribution in [0.15, 0.2) is 0 Å². The number of hydrogen-bond donors (Lipinski definition) is 0. The molecule has 1 amide bonds. The molecule has 0 aromatic heterocycles. The number of hydrogen-bond acceptors (Lipinski definition) is 6. The van der Waals surface area contributed by atoms with Gasteiger partial charge in [-0.3, -0.25) is 9.69 Å². The first-order valence-electron chi connectivity index (χ1n) is 8.17. The number of ether oxygens (including phenoxy) is 1. The fourth-order valence-corrected chi connectivity index (χ4v) is 5.10. The summed E-state index contributed by atoms with van der Waals surface area (Å²) in [6.45, 7) is 4.81. The van der Waals surface area contributed by atoms with Crippen LogP contribution in [0.5, 0.6) is 0 Å². The lowest BCUT2D eigenvalue weighted by molar-refractivity contribution is -0.140. The van der Waals surface area contributed by atoms with E-state index in [1.807, 2.05) is 21.0 Å². The van der Waals surface area contributed by atoms with Crippen molar-refractivity contribution < 1.29 is 17.9 Å². The van der Waals surface area contributed by atoms with Gasteiger partial charge in [0.15, 0.2) is 9.84 Å². The van der Waals surface area contributed by atoms with Crippen molar-refractivity contribution in [1.82, 2.24) is 14.7 Å². The molecule has 0 N–H and O–H groups in total. The van der Waals surface area contributed by atoms with Crippen LogP contribution in [0.1, 0.15) is 13.3 Å². The Hall–Kier alpha value is -0.700. The minimum atomic E-state index is -2.98. The van der Waals surface area contributed by atoms with Gasteiger partial charge in [0.25, 0.3) is 0 Å². The first-order chi connectivity index (χ1) is 10.7. The zero-order valence-corrected chi connectivity index (χ0v) is 15.4. The molecule has 3 atom stereocenters. The molecule has 2 aliphatic rings. The van der Waals surface area contributed by atoms with Gasteiger partial charge in [-0.15, -0.1) is 0 Å². The summed E-state index contributed by atoms with van der Waals surface area (Å²) in [5.74, 6) is 0.276. The molecule has 0 spiro atoms. The average molecular weight is 347 g/mol. The van der Waals surface area contributed by atoms with E-state index in [1.54, 1.807) is 11.9 Å². The number of morpholine rings is 1. The predicted octanol–water partition coefficient (Wildman–Crippen LogP) is -0.717.